The highest BCUT2D eigenvalue weighted by Gasteiger charge is 2.59. The van der Waals surface area contributed by atoms with Gasteiger partial charge in [-0.3, -0.25) is 24.4 Å². The Bertz CT molecular complexity index is 2490. The van der Waals surface area contributed by atoms with Gasteiger partial charge in [-0.05, 0) is 131 Å². The predicted molar refractivity (Wildman–Crippen MR) is 261 cm³/mol. The van der Waals surface area contributed by atoms with Crippen LogP contribution in [0.25, 0.3) is 11.6 Å². The van der Waals surface area contributed by atoms with Gasteiger partial charge in [0.2, 0.25) is 11.8 Å². The molecule has 65 heavy (non-hydrogen) atoms. The first-order valence-corrected chi connectivity index (χ1v) is 25.5. The molecule has 3 fully saturated rings. The first-order valence-electron chi connectivity index (χ1n) is 23.6. The van der Waals surface area contributed by atoms with E-state index in [1.807, 2.05) is 56.4 Å². The van der Waals surface area contributed by atoms with Crippen LogP contribution in [0, 0.1) is 31.6 Å². The summed E-state index contributed by atoms with van der Waals surface area (Å²) in [5, 5.41) is 12.7. The Balaban J connectivity index is 1.05. The number of pyridine rings is 1. The van der Waals surface area contributed by atoms with Gasteiger partial charge in [0.25, 0.3) is 8.32 Å². The van der Waals surface area contributed by atoms with E-state index in [1.165, 1.54) is 15.9 Å². The summed E-state index contributed by atoms with van der Waals surface area (Å²) in [4.78, 5) is 38.6. The van der Waals surface area contributed by atoms with Crippen LogP contribution in [0.15, 0.2) is 139 Å². The fraction of sp³-hybridized carbons (Fsp3) is 0.375. The van der Waals surface area contributed by atoms with Crippen molar-refractivity contribution in [2.24, 2.45) is 17.8 Å². The molecule has 4 aliphatic rings. The van der Waals surface area contributed by atoms with E-state index in [1.54, 1.807) is 4.90 Å². The van der Waals surface area contributed by atoms with Gasteiger partial charge >= 0.3 is 0 Å². The zero-order valence-electron chi connectivity index (χ0n) is 38.6. The number of hydrogen-bond acceptors (Lipinski definition) is 7. The first kappa shape index (κ1) is 44.7. The minimum atomic E-state index is -2.95. The Labute approximate surface area is 386 Å². The SMILES string of the molecule is Cc1cc(/C=C(/CC[C@H]2OC[C@H]3C2=C(CO[Si](c2ccccc2)(c2ccccc2)C(C)(C)C)C[C@H]2C(=O)N(C4CCN(Cc5ccccc5)CC4)C(=O)[C@H]23)c2ccccn2)cc(C)c1O. The molecule has 4 atom stereocenters. The van der Waals surface area contributed by atoms with E-state index in [0.29, 0.717) is 38.2 Å². The standard InChI is InChI=1S/C56H63N3O5Si/c1-38-31-41(32-39(2)53(38)60)33-42(49-23-15-16-28-57-49)24-25-50-51-43(36-64-65(56(3,4)5,45-19-11-7-12-20-45)46-21-13-8-14-22-46)34-47-52(48(51)37-63-50)55(62)59(54(47)61)44-26-29-58(30-27-44)35-40-17-9-6-10-18-40/h6-23,28,31-33,44,47-48,50,52,60H,24-27,29-30,34-37H2,1-5H3/b42-33-/t47-,48+,50-,52-/m1/s1. The number of rotatable bonds is 13. The molecular weight excluding hydrogens is 823 g/mol. The molecule has 4 heterocycles. The maximum absolute atomic E-state index is 14.9. The Hall–Kier alpha value is -5.45. The van der Waals surface area contributed by atoms with Gasteiger partial charge < -0.3 is 14.3 Å². The van der Waals surface area contributed by atoms with Crippen molar-refractivity contribution in [3.05, 3.63) is 167 Å². The second-order valence-corrected chi connectivity index (χ2v) is 24.0. The third-order valence-electron chi connectivity index (χ3n) is 14.6. The molecule has 2 amide bonds. The number of fused-ring (bicyclic) bond motifs is 3. The lowest BCUT2D eigenvalue weighted by atomic mass is 9.69. The number of nitrogens with zero attached hydrogens (tertiary/aromatic N) is 3. The number of benzene rings is 4. The van der Waals surface area contributed by atoms with Crippen LogP contribution in [0.4, 0.5) is 0 Å². The van der Waals surface area contributed by atoms with Crippen molar-refractivity contribution in [2.45, 2.75) is 90.5 Å². The van der Waals surface area contributed by atoms with Crippen LogP contribution in [0.2, 0.25) is 5.04 Å². The van der Waals surface area contributed by atoms with Crippen LogP contribution < -0.4 is 10.4 Å². The Morgan fingerprint density at radius 2 is 1.45 bits per heavy atom. The molecule has 0 spiro atoms. The summed E-state index contributed by atoms with van der Waals surface area (Å²) in [7, 11) is -2.95. The van der Waals surface area contributed by atoms with Crippen molar-refractivity contribution in [1.29, 1.82) is 0 Å². The number of aryl methyl sites for hydroxylation is 2. The number of ether oxygens (including phenoxy) is 1. The largest absolute Gasteiger partial charge is 0.507 e. The average Bonchev–Trinajstić information content (AvgIpc) is 3.85. The monoisotopic (exact) mass is 885 g/mol. The molecule has 336 valence electrons. The summed E-state index contributed by atoms with van der Waals surface area (Å²) in [6, 6.07) is 41.8. The summed E-state index contributed by atoms with van der Waals surface area (Å²) < 4.78 is 14.5. The summed E-state index contributed by atoms with van der Waals surface area (Å²) in [5.74, 6) is -0.826. The third-order valence-corrected chi connectivity index (χ3v) is 19.6. The molecule has 0 radical (unpaired) electrons. The van der Waals surface area contributed by atoms with Crippen molar-refractivity contribution >= 4 is 42.2 Å². The number of phenolic OH excluding ortho intramolecular Hbond substituents is 1. The van der Waals surface area contributed by atoms with Crippen molar-refractivity contribution in [3.8, 4) is 5.75 Å². The summed E-state index contributed by atoms with van der Waals surface area (Å²) in [6.07, 6.45) is 7.13. The minimum Gasteiger partial charge on any atom is -0.507 e. The number of carbonyl (C=O) groups is 2. The van der Waals surface area contributed by atoms with Gasteiger partial charge in [0, 0.05) is 37.8 Å². The number of allylic oxidation sites excluding steroid dienone is 1. The molecule has 1 aromatic heterocycles. The topological polar surface area (TPSA) is 92.2 Å². The Morgan fingerprint density at radius 1 is 0.831 bits per heavy atom. The zero-order chi connectivity index (χ0) is 45.3. The number of carbonyl (C=O) groups excluding carboxylic acids is 2. The van der Waals surface area contributed by atoms with Gasteiger partial charge in [-0.15, -0.1) is 0 Å². The maximum atomic E-state index is 14.9. The number of aromatic nitrogens is 1. The molecule has 9 rings (SSSR count). The van der Waals surface area contributed by atoms with Crippen molar-refractivity contribution < 1.29 is 23.9 Å². The highest BCUT2D eigenvalue weighted by atomic mass is 28.4. The maximum Gasteiger partial charge on any atom is 0.261 e. The van der Waals surface area contributed by atoms with Crippen LogP contribution in [0.5, 0.6) is 5.75 Å². The van der Waals surface area contributed by atoms with E-state index in [2.05, 4.69) is 117 Å². The second-order valence-electron chi connectivity index (χ2n) is 19.7. The van der Waals surface area contributed by atoms with Crippen LogP contribution in [-0.4, -0.2) is 78.5 Å². The highest BCUT2D eigenvalue weighted by Crippen LogP contribution is 2.51. The van der Waals surface area contributed by atoms with Crippen LogP contribution in [0.1, 0.15) is 80.8 Å². The molecule has 4 aromatic carbocycles. The van der Waals surface area contributed by atoms with Crippen LogP contribution >= 0.6 is 0 Å². The van der Waals surface area contributed by atoms with Crippen molar-refractivity contribution in [1.82, 2.24) is 14.8 Å². The quantitative estimate of drug-likeness (QED) is 0.0717. The molecule has 1 aliphatic carbocycles. The molecule has 3 aliphatic heterocycles. The number of hydrogen-bond donors (Lipinski definition) is 1. The fourth-order valence-corrected chi connectivity index (χ4v) is 16.1. The summed E-state index contributed by atoms with van der Waals surface area (Å²) >= 11 is 0. The first-order chi connectivity index (χ1) is 31.4. The van der Waals surface area contributed by atoms with Gasteiger partial charge in [-0.2, -0.15) is 0 Å². The van der Waals surface area contributed by atoms with Gasteiger partial charge in [0.15, 0.2) is 0 Å². The van der Waals surface area contributed by atoms with Crippen LogP contribution in [0.3, 0.4) is 0 Å². The lowest BCUT2D eigenvalue weighted by molar-refractivity contribution is -0.144. The summed E-state index contributed by atoms with van der Waals surface area (Å²) in [5.41, 5.74) is 8.16. The Morgan fingerprint density at radius 3 is 2.05 bits per heavy atom. The van der Waals surface area contributed by atoms with Gasteiger partial charge in [0.1, 0.15) is 5.75 Å². The van der Waals surface area contributed by atoms with Gasteiger partial charge in [-0.25, -0.2) is 0 Å². The number of amides is 2. The lowest BCUT2D eigenvalue weighted by Crippen LogP contribution is -2.66. The average molecular weight is 886 g/mol. The normalized spacial score (nSPS) is 22.1. The molecule has 0 unspecified atom stereocenters. The predicted octanol–water partition coefficient (Wildman–Crippen LogP) is 9.28. The number of phenols is 1. The number of piperidine rings is 1. The van der Waals surface area contributed by atoms with E-state index in [9.17, 15) is 14.7 Å². The number of imide groups is 1. The van der Waals surface area contributed by atoms with Gasteiger partial charge in [-0.1, -0.05) is 118 Å². The van der Waals surface area contributed by atoms with E-state index in [-0.39, 0.29) is 34.9 Å². The Kier molecular flexibility index (Phi) is 12.9. The molecule has 0 bridgehead atoms. The molecule has 8 nitrogen and oxygen atoms in total. The number of aromatic hydroxyl groups is 1. The molecule has 3 saturated heterocycles. The van der Waals surface area contributed by atoms with E-state index in [0.717, 1.165) is 71.6 Å². The fourth-order valence-electron chi connectivity index (χ4n) is 11.5. The molecule has 9 heteroatoms. The molecule has 1 N–H and O–H groups in total. The van der Waals surface area contributed by atoms with E-state index >= 15 is 0 Å². The highest BCUT2D eigenvalue weighted by molar-refractivity contribution is 6.99. The van der Waals surface area contributed by atoms with Crippen molar-refractivity contribution in [3.63, 3.8) is 0 Å². The number of likely N-dealkylation sites (tertiary alicyclic amines) is 2. The van der Waals surface area contributed by atoms with E-state index in [4.69, 9.17) is 14.1 Å². The summed E-state index contributed by atoms with van der Waals surface area (Å²) in [6.45, 7) is 14.0. The van der Waals surface area contributed by atoms with E-state index < -0.39 is 20.2 Å². The van der Waals surface area contributed by atoms with Crippen LogP contribution in [-0.2, 0) is 25.3 Å². The molecule has 5 aromatic rings. The third kappa shape index (κ3) is 8.84. The van der Waals surface area contributed by atoms with Crippen molar-refractivity contribution in [2.75, 3.05) is 26.3 Å². The lowest BCUT2D eigenvalue weighted by Gasteiger charge is -2.44. The molecular formula is C56H63N3O5Si. The minimum absolute atomic E-state index is 0.0210. The second kappa shape index (κ2) is 18.8. The zero-order valence-corrected chi connectivity index (χ0v) is 39.6. The smallest absolute Gasteiger partial charge is 0.261 e. The molecule has 0 saturated carbocycles. The van der Waals surface area contributed by atoms with Gasteiger partial charge in [0.05, 0.1) is 36.8 Å².